The highest BCUT2D eigenvalue weighted by Gasteiger charge is 2.23. The van der Waals surface area contributed by atoms with Crippen LogP contribution in [0.15, 0.2) is 66.7 Å². The largest absolute Gasteiger partial charge is 0.478 e. The SMILES string of the molecule is Cc1ccc(Oc2ccc(C(=O)N3CCN(Cc4nc5ccc(C(=O)O)cc5n4C)CC3)cc2)cc1. The van der Waals surface area contributed by atoms with E-state index in [0.29, 0.717) is 30.9 Å². The van der Waals surface area contributed by atoms with Gasteiger partial charge in [0.1, 0.15) is 17.3 Å². The molecule has 8 heteroatoms. The summed E-state index contributed by atoms with van der Waals surface area (Å²) in [5, 5.41) is 9.26. The molecule has 184 valence electrons. The van der Waals surface area contributed by atoms with Crippen LogP contribution in [0, 0.1) is 6.92 Å². The summed E-state index contributed by atoms with van der Waals surface area (Å²) in [6, 6.07) is 20.1. The maximum Gasteiger partial charge on any atom is 0.335 e. The third-order valence-corrected chi connectivity index (χ3v) is 6.60. The summed E-state index contributed by atoms with van der Waals surface area (Å²) in [5.74, 6) is 1.39. The van der Waals surface area contributed by atoms with Crippen LogP contribution in [0.3, 0.4) is 0 Å². The number of carbonyl (C=O) groups is 2. The van der Waals surface area contributed by atoms with Crippen molar-refractivity contribution >= 4 is 22.9 Å². The van der Waals surface area contributed by atoms with Crippen LogP contribution >= 0.6 is 0 Å². The molecule has 8 nitrogen and oxygen atoms in total. The van der Waals surface area contributed by atoms with Crippen LogP contribution in [0.2, 0.25) is 0 Å². The van der Waals surface area contributed by atoms with Gasteiger partial charge in [0.15, 0.2) is 0 Å². The Morgan fingerprint density at radius 1 is 0.889 bits per heavy atom. The lowest BCUT2D eigenvalue weighted by atomic mass is 10.1. The Morgan fingerprint density at radius 3 is 2.14 bits per heavy atom. The minimum absolute atomic E-state index is 0.0143. The number of aromatic nitrogens is 2. The molecule has 2 heterocycles. The van der Waals surface area contributed by atoms with E-state index in [2.05, 4.69) is 9.88 Å². The topological polar surface area (TPSA) is 87.9 Å². The van der Waals surface area contributed by atoms with Crippen molar-refractivity contribution in [2.75, 3.05) is 26.2 Å². The summed E-state index contributed by atoms with van der Waals surface area (Å²) in [5.41, 5.74) is 3.64. The number of aromatic carboxylic acids is 1. The van der Waals surface area contributed by atoms with Gasteiger partial charge in [-0.25, -0.2) is 9.78 Å². The molecule has 0 radical (unpaired) electrons. The summed E-state index contributed by atoms with van der Waals surface area (Å²) in [6.07, 6.45) is 0. The lowest BCUT2D eigenvalue weighted by Gasteiger charge is -2.34. The van der Waals surface area contributed by atoms with Gasteiger partial charge in [-0.05, 0) is 61.5 Å². The van der Waals surface area contributed by atoms with E-state index in [4.69, 9.17) is 4.74 Å². The molecular formula is C28H28N4O4. The van der Waals surface area contributed by atoms with E-state index >= 15 is 0 Å². The molecular weight excluding hydrogens is 456 g/mol. The smallest absolute Gasteiger partial charge is 0.335 e. The van der Waals surface area contributed by atoms with E-state index in [1.54, 1.807) is 18.2 Å². The van der Waals surface area contributed by atoms with Gasteiger partial charge in [0, 0.05) is 38.8 Å². The van der Waals surface area contributed by atoms with Gasteiger partial charge in [-0.15, -0.1) is 0 Å². The van der Waals surface area contributed by atoms with Crippen molar-refractivity contribution in [3.8, 4) is 11.5 Å². The number of benzene rings is 3. The number of nitrogens with zero attached hydrogens (tertiary/aromatic N) is 4. The van der Waals surface area contributed by atoms with Gasteiger partial charge in [0.25, 0.3) is 5.91 Å². The zero-order valence-electron chi connectivity index (χ0n) is 20.3. The van der Waals surface area contributed by atoms with Crippen LogP contribution in [-0.2, 0) is 13.6 Å². The first-order valence-electron chi connectivity index (χ1n) is 11.9. The Morgan fingerprint density at radius 2 is 1.50 bits per heavy atom. The van der Waals surface area contributed by atoms with Crippen LogP contribution in [0.4, 0.5) is 0 Å². The lowest BCUT2D eigenvalue weighted by Crippen LogP contribution is -2.48. The molecule has 1 fully saturated rings. The van der Waals surface area contributed by atoms with Crippen molar-refractivity contribution < 1.29 is 19.4 Å². The molecule has 0 atom stereocenters. The second-order valence-electron chi connectivity index (χ2n) is 9.10. The van der Waals surface area contributed by atoms with Gasteiger partial charge < -0.3 is 19.3 Å². The highest BCUT2D eigenvalue weighted by molar-refractivity contribution is 5.94. The molecule has 4 aromatic rings. The first-order valence-corrected chi connectivity index (χ1v) is 11.9. The van der Waals surface area contributed by atoms with Gasteiger partial charge in [0.05, 0.1) is 23.1 Å². The highest BCUT2D eigenvalue weighted by atomic mass is 16.5. The van der Waals surface area contributed by atoms with Gasteiger partial charge in [-0.3, -0.25) is 9.69 Å². The molecule has 3 aromatic carbocycles. The molecule has 1 amide bonds. The van der Waals surface area contributed by atoms with Gasteiger partial charge in [0.2, 0.25) is 0 Å². The monoisotopic (exact) mass is 484 g/mol. The number of carboxylic acid groups (broad SMARTS) is 1. The maximum atomic E-state index is 13.0. The predicted molar refractivity (Wildman–Crippen MR) is 137 cm³/mol. The second kappa shape index (κ2) is 9.83. The quantitative estimate of drug-likeness (QED) is 0.438. The summed E-state index contributed by atoms with van der Waals surface area (Å²) in [6.45, 7) is 5.42. The maximum absolute atomic E-state index is 13.0. The number of carboxylic acids is 1. The fourth-order valence-electron chi connectivity index (χ4n) is 4.41. The van der Waals surface area contributed by atoms with Gasteiger partial charge in [-0.2, -0.15) is 0 Å². The summed E-state index contributed by atoms with van der Waals surface area (Å²) >= 11 is 0. The summed E-state index contributed by atoms with van der Waals surface area (Å²) < 4.78 is 7.81. The molecule has 0 unspecified atom stereocenters. The number of imidazole rings is 1. The van der Waals surface area contributed by atoms with Crippen LogP contribution in [-0.4, -0.2) is 62.5 Å². The number of hydrogen-bond acceptors (Lipinski definition) is 5. The number of carbonyl (C=O) groups excluding carboxylic acids is 1. The molecule has 1 aromatic heterocycles. The molecule has 0 bridgehead atoms. The van der Waals surface area contributed by atoms with E-state index in [-0.39, 0.29) is 11.5 Å². The number of ether oxygens (including phenoxy) is 1. The Kier molecular flexibility index (Phi) is 6.43. The fourth-order valence-corrected chi connectivity index (χ4v) is 4.41. The molecule has 1 aliphatic heterocycles. The van der Waals surface area contributed by atoms with Gasteiger partial charge in [-0.1, -0.05) is 17.7 Å². The summed E-state index contributed by atoms with van der Waals surface area (Å²) in [4.78, 5) is 33.2. The van der Waals surface area contributed by atoms with Crippen LogP contribution in [0.1, 0.15) is 32.1 Å². The Hall–Kier alpha value is -4.17. The molecule has 1 saturated heterocycles. The number of aryl methyl sites for hydroxylation is 2. The predicted octanol–water partition coefficient (Wildman–Crippen LogP) is 4.33. The Labute approximate surface area is 209 Å². The molecule has 0 saturated carbocycles. The van der Waals surface area contributed by atoms with Crippen molar-refractivity contribution in [1.82, 2.24) is 19.4 Å². The standard InChI is InChI=1S/C28H28N4O4/c1-19-3-8-22(9-4-19)36-23-10-5-20(6-11-23)27(33)32-15-13-31(14-16-32)18-26-29-24-12-7-21(28(34)35)17-25(24)30(26)2/h3-12,17H,13-16,18H2,1-2H3,(H,34,35). The van der Waals surface area contributed by atoms with Crippen molar-refractivity contribution in [3.63, 3.8) is 0 Å². The summed E-state index contributed by atoms with van der Waals surface area (Å²) in [7, 11) is 1.91. The molecule has 5 rings (SSSR count). The minimum atomic E-state index is -0.950. The van der Waals surface area contributed by atoms with Crippen molar-refractivity contribution in [2.45, 2.75) is 13.5 Å². The second-order valence-corrected chi connectivity index (χ2v) is 9.10. The highest BCUT2D eigenvalue weighted by Crippen LogP contribution is 2.23. The van der Waals surface area contributed by atoms with Gasteiger partial charge >= 0.3 is 5.97 Å². The fraction of sp³-hybridized carbons (Fsp3) is 0.250. The molecule has 1 N–H and O–H groups in total. The van der Waals surface area contributed by atoms with E-state index in [0.717, 1.165) is 35.7 Å². The third-order valence-electron chi connectivity index (χ3n) is 6.60. The van der Waals surface area contributed by atoms with E-state index < -0.39 is 5.97 Å². The number of fused-ring (bicyclic) bond motifs is 1. The minimum Gasteiger partial charge on any atom is -0.478 e. The zero-order chi connectivity index (χ0) is 25.2. The average molecular weight is 485 g/mol. The van der Waals surface area contributed by atoms with Crippen molar-refractivity contribution in [2.24, 2.45) is 7.05 Å². The normalized spacial score (nSPS) is 14.2. The molecule has 0 aliphatic carbocycles. The van der Waals surface area contributed by atoms with E-state index in [1.165, 1.54) is 5.56 Å². The zero-order valence-corrected chi connectivity index (χ0v) is 20.3. The third kappa shape index (κ3) is 4.94. The number of piperazine rings is 1. The van der Waals surface area contributed by atoms with Crippen LogP contribution in [0.25, 0.3) is 11.0 Å². The van der Waals surface area contributed by atoms with Crippen LogP contribution < -0.4 is 4.74 Å². The first kappa shape index (κ1) is 23.6. The molecule has 36 heavy (non-hydrogen) atoms. The number of rotatable bonds is 6. The average Bonchev–Trinajstić information content (AvgIpc) is 3.20. The van der Waals surface area contributed by atoms with Crippen molar-refractivity contribution in [3.05, 3.63) is 89.2 Å². The number of amides is 1. The van der Waals surface area contributed by atoms with Crippen molar-refractivity contribution in [1.29, 1.82) is 0 Å². The molecule has 0 spiro atoms. The van der Waals surface area contributed by atoms with E-state index in [9.17, 15) is 14.7 Å². The molecule has 1 aliphatic rings. The first-order chi connectivity index (χ1) is 17.4. The van der Waals surface area contributed by atoms with E-state index in [1.807, 2.05) is 72.0 Å². The lowest BCUT2D eigenvalue weighted by molar-refractivity contribution is 0.0623. The Balaban J connectivity index is 1.18. The van der Waals surface area contributed by atoms with Crippen LogP contribution in [0.5, 0.6) is 11.5 Å². The number of hydrogen-bond donors (Lipinski definition) is 1. The Bertz CT molecular complexity index is 1400.